The van der Waals surface area contributed by atoms with Crippen LogP contribution in [0.4, 0.5) is 5.82 Å². The van der Waals surface area contributed by atoms with Gasteiger partial charge in [0.25, 0.3) is 5.56 Å². The van der Waals surface area contributed by atoms with Crippen LogP contribution in [0.15, 0.2) is 11.1 Å². The van der Waals surface area contributed by atoms with Gasteiger partial charge in [-0.25, -0.2) is 4.98 Å². The van der Waals surface area contributed by atoms with Crippen LogP contribution in [-0.2, 0) is 0 Å². The first-order chi connectivity index (χ1) is 6.49. The maximum Gasteiger partial charge on any atom is 0.266 e. The maximum atomic E-state index is 11.3. The first-order valence-electron chi connectivity index (χ1n) is 4.48. The van der Waals surface area contributed by atoms with Crippen LogP contribution in [0, 0.1) is 8.99 Å². The van der Waals surface area contributed by atoms with Crippen LogP contribution >= 0.6 is 22.6 Å². The molecule has 1 aliphatic rings. The number of anilines is 1. The molecule has 1 aromatic heterocycles. The van der Waals surface area contributed by atoms with Crippen molar-refractivity contribution in [3.63, 3.8) is 0 Å². The molecular formula is C9H12IN3O. The van der Waals surface area contributed by atoms with E-state index in [-0.39, 0.29) is 5.56 Å². The third-order valence-corrected chi connectivity index (χ3v) is 3.29. The van der Waals surface area contributed by atoms with E-state index in [1.54, 1.807) is 0 Å². The van der Waals surface area contributed by atoms with Gasteiger partial charge in [0, 0.05) is 13.1 Å². The molecule has 76 valence electrons. The number of hydrogen-bond donors (Lipinski definition) is 1. The number of hydrogen-bond acceptors (Lipinski definition) is 3. The molecule has 14 heavy (non-hydrogen) atoms. The van der Waals surface area contributed by atoms with Crippen LogP contribution in [-0.4, -0.2) is 23.1 Å². The zero-order valence-corrected chi connectivity index (χ0v) is 10.3. The number of nitrogens with one attached hydrogen (secondary N) is 1. The normalized spacial score (nSPS) is 19.2. The number of halogens is 1. The van der Waals surface area contributed by atoms with Gasteiger partial charge in [-0.2, -0.15) is 0 Å². The summed E-state index contributed by atoms with van der Waals surface area (Å²) >= 11 is 2.04. The van der Waals surface area contributed by atoms with Gasteiger partial charge in [0.1, 0.15) is 9.39 Å². The van der Waals surface area contributed by atoms with E-state index >= 15 is 0 Å². The van der Waals surface area contributed by atoms with Gasteiger partial charge in [-0.05, 0) is 28.0 Å². The predicted molar refractivity (Wildman–Crippen MR) is 63.6 cm³/mol. The van der Waals surface area contributed by atoms with Crippen molar-refractivity contribution in [1.29, 1.82) is 0 Å². The minimum atomic E-state index is -0.0553. The molecular weight excluding hydrogens is 293 g/mol. The second kappa shape index (κ2) is 3.22. The number of rotatable bonds is 1. The van der Waals surface area contributed by atoms with E-state index in [4.69, 9.17) is 0 Å². The molecule has 4 nitrogen and oxygen atoms in total. The van der Waals surface area contributed by atoms with Crippen LogP contribution in [0.1, 0.15) is 13.8 Å². The summed E-state index contributed by atoms with van der Waals surface area (Å²) in [7, 11) is 0. The van der Waals surface area contributed by atoms with E-state index in [2.05, 4.69) is 28.7 Å². The SMILES string of the molecule is CC1(C)CN(c2nc[nH]c(=O)c2I)C1. The summed E-state index contributed by atoms with van der Waals surface area (Å²) in [6.45, 7) is 6.37. The Bertz CT molecular complexity index is 405. The van der Waals surface area contributed by atoms with Gasteiger partial charge in [0.05, 0.1) is 6.33 Å². The van der Waals surface area contributed by atoms with Crippen LogP contribution in [0.3, 0.4) is 0 Å². The molecule has 1 N–H and O–H groups in total. The lowest BCUT2D eigenvalue weighted by molar-refractivity contribution is 0.274. The van der Waals surface area contributed by atoms with Gasteiger partial charge in [-0.3, -0.25) is 4.79 Å². The minimum absolute atomic E-state index is 0.0553. The van der Waals surface area contributed by atoms with Crippen LogP contribution in [0.2, 0.25) is 0 Å². The van der Waals surface area contributed by atoms with Gasteiger partial charge in [-0.15, -0.1) is 0 Å². The molecule has 5 heteroatoms. The van der Waals surface area contributed by atoms with E-state index < -0.39 is 0 Å². The van der Waals surface area contributed by atoms with Crippen molar-refractivity contribution in [2.24, 2.45) is 5.41 Å². The lowest BCUT2D eigenvalue weighted by Crippen LogP contribution is -2.54. The summed E-state index contributed by atoms with van der Waals surface area (Å²) in [4.78, 5) is 20.2. The quantitative estimate of drug-likeness (QED) is 0.794. The first kappa shape index (κ1) is 9.95. The summed E-state index contributed by atoms with van der Waals surface area (Å²) < 4.78 is 0.681. The molecule has 1 fully saturated rings. The smallest absolute Gasteiger partial charge is 0.266 e. The van der Waals surface area contributed by atoms with Crippen molar-refractivity contribution >= 4 is 28.4 Å². The summed E-state index contributed by atoms with van der Waals surface area (Å²) in [5.41, 5.74) is 0.299. The highest BCUT2D eigenvalue weighted by Crippen LogP contribution is 2.33. The van der Waals surface area contributed by atoms with Gasteiger partial charge < -0.3 is 9.88 Å². The summed E-state index contributed by atoms with van der Waals surface area (Å²) in [5.74, 6) is 0.814. The summed E-state index contributed by atoms with van der Waals surface area (Å²) in [6, 6.07) is 0. The maximum absolute atomic E-state index is 11.3. The largest absolute Gasteiger partial charge is 0.354 e. The molecule has 1 aromatic rings. The van der Waals surface area contributed by atoms with Crippen molar-refractivity contribution < 1.29 is 0 Å². The van der Waals surface area contributed by atoms with Gasteiger partial charge in [-0.1, -0.05) is 13.8 Å². The lowest BCUT2D eigenvalue weighted by Gasteiger charge is -2.46. The van der Waals surface area contributed by atoms with Gasteiger partial charge in [0.15, 0.2) is 0 Å². The fraction of sp³-hybridized carbons (Fsp3) is 0.556. The topological polar surface area (TPSA) is 49.0 Å². The number of nitrogens with zero attached hydrogens (tertiary/aromatic N) is 2. The Morgan fingerprint density at radius 3 is 2.79 bits per heavy atom. The first-order valence-corrected chi connectivity index (χ1v) is 5.56. The Balaban J connectivity index is 2.27. The molecule has 0 unspecified atom stereocenters. The molecule has 0 atom stereocenters. The second-order valence-corrected chi connectivity index (χ2v) is 5.47. The van der Waals surface area contributed by atoms with Gasteiger partial charge >= 0.3 is 0 Å². The Morgan fingerprint density at radius 1 is 1.57 bits per heavy atom. The molecule has 0 saturated carbocycles. The highest BCUT2D eigenvalue weighted by molar-refractivity contribution is 14.1. The zero-order valence-electron chi connectivity index (χ0n) is 8.17. The van der Waals surface area contributed by atoms with Crippen molar-refractivity contribution in [2.75, 3.05) is 18.0 Å². The molecule has 0 spiro atoms. The second-order valence-electron chi connectivity index (χ2n) is 4.39. The minimum Gasteiger partial charge on any atom is -0.354 e. The van der Waals surface area contributed by atoms with E-state index in [0.717, 1.165) is 18.9 Å². The molecule has 1 aliphatic heterocycles. The molecule has 0 radical (unpaired) electrons. The van der Waals surface area contributed by atoms with Gasteiger partial charge in [0.2, 0.25) is 0 Å². The van der Waals surface area contributed by atoms with Crippen LogP contribution < -0.4 is 10.5 Å². The molecule has 0 aromatic carbocycles. The number of aromatic nitrogens is 2. The molecule has 1 saturated heterocycles. The Labute approximate surface area is 95.9 Å². The molecule has 0 amide bonds. The number of H-pyrrole nitrogens is 1. The molecule has 0 aliphatic carbocycles. The van der Waals surface area contributed by atoms with E-state index in [1.807, 2.05) is 22.6 Å². The number of aromatic amines is 1. The van der Waals surface area contributed by atoms with E-state index in [9.17, 15) is 4.79 Å². The fourth-order valence-electron chi connectivity index (χ4n) is 1.73. The van der Waals surface area contributed by atoms with Crippen molar-refractivity contribution in [3.05, 3.63) is 20.3 Å². The molecule has 2 heterocycles. The average molecular weight is 305 g/mol. The average Bonchev–Trinajstić information content (AvgIpc) is 2.06. The Hall–Kier alpha value is -0.590. The van der Waals surface area contributed by atoms with E-state index in [1.165, 1.54) is 6.33 Å². The van der Waals surface area contributed by atoms with Crippen molar-refractivity contribution in [2.45, 2.75) is 13.8 Å². The van der Waals surface area contributed by atoms with Crippen LogP contribution in [0.5, 0.6) is 0 Å². The van der Waals surface area contributed by atoms with Crippen molar-refractivity contribution in [1.82, 2.24) is 9.97 Å². The summed E-state index contributed by atoms with van der Waals surface area (Å²) in [5, 5.41) is 0. The molecule has 2 rings (SSSR count). The fourth-order valence-corrected chi connectivity index (χ4v) is 2.37. The Morgan fingerprint density at radius 2 is 2.21 bits per heavy atom. The third-order valence-electron chi connectivity index (χ3n) is 2.32. The third kappa shape index (κ3) is 1.65. The monoisotopic (exact) mass is 305 g/mol. The molecule has 0 bridgehead atoms. The van der Waals surface area contributed by atoms with Crippen molar-refractivity contribution in [3.8, 4) is 0 Å². The van der Waals surface area contributed by atoms with Crippen LogP contribution in [0.25, 0.3) is 0 Å². The van der Waals surface area contributed by atoms with E-state index in [0.29, 0.717) is 8.99 Å². The lowest BCUT2D eigenvalue weighted by atomic mass is 9.84. The Kier molecular flexibility index (Phi) is 2.29. The standard InChI is InChI=1S/C9H12IN3O/c1-9(2)3-13(4-9)7-6(10)8(14)12-5-11-7/h5H,3-4H2,1-2H3,(H,11,12,14). The predicted octanol–water partition coefficient (Wildman–Crippen LogP) is 1.22. The zero-order chi connectivity index (χ0) is 10.3. The highest BCUT2D eigenvalue weighted by atomic mass is 127. The highest BCUT2D eigenvalue weighted by Gasteiger charge is 2.35. The summed E-state index contributed by atoms with van der Waals surface area (Å²) in [6.07, 6.45) is 1.46.